The summed E-state index contributed by atoms with van der Waals surface area (Å²) >= 11 is 0. The van der Waals surface area contributed by atoms with Crippen molar-refractivity contribution in [2.45, 2.75) is 32.9 Å². The monoisotopic (exact) mass is 265 g/mol. The minimum Gasteiger partial charge on any atom is -0.497 e. The highest BCUT2D eigenvalue weighted by atomic mass is 16.5. The van der Waals surface area contributed by atoms with Gasteiger partial charge in [-0.15, -0.1) is 0 Å². The van der Waals surface area contributed by atoms with Crippen molar-refractivity contribution in [3.8, 4) is 5.75 Å². The van der Waals surface area contributed by atoms with Crippen LogP contribution < -0.4 is 10.1 Å². The van der Waals surface area contributed by atoms with E-state index in [9.17, 15) is 4.79 Å². The van der Waals surface area contributed by atoms with Crippen molar-refractivity contribution < 1.29 is 14.3 Å². The van der Waals surface area contributed by atoms with E-state index in [1.54, 1.807) is 7.11 Å². The van der Waals surface area contributed by atoms with Crippen molar-refractivity contribution in [3.05, 3.63) is 29.8 Å². The number of benzene rings is 1. The number of rotatable bonds is 6. The molecule has 0 heterocycles. The maximum atomic E-state index is 11.7. The molecule has 0 amide bonds. The number of hydrogen-bond donors (Lipinski definition) is 1. The minimum absolute atomic E-state index is 0.0670. The average Bonchev–Trinajstić information content (AvgIpc) is 2.43. The van der Waals surface area contributed by atoms with Crippen LogP contribution in [-0.4, -0.2) is 26.2 Å². The van der Waals surface area contributed by atoms with E-state index in [0.717, 1.165) is 11.3 Å². The number of ether oxygens (including phenoxy) is 2. The molecule has 0 saturated carbocycles. The van der Waals surface area contributed by atoms with Crippen LogP contribution in [0, 0.1) is 5.92 Å². The molecule has 1 aromatic carbocycles. The first-order valence-corrected chi connectivity index (χ1v) is 6.47. The molecule has 0 saturated heterocycles. The molecule has 4 nitrogen and oxygen atoms in total. The second-order valence-corrected chi connectivity index (χ2v) is 4.91. The van der Waals surface area contributed by atoms with Gasteiger partial charge in [-0.2, -0.15) is 0 Å². The molecule has 0 aliphatic rings. The highest BCUT2D eigenvalue weighted by Crippen LogP contribution is 2.19. The van der Waals surface area contributed by atoms with Gasteiger partial charge in [-0.05, 0) is 30.5 Å². The lowest BCUT2D eigenvalue weighted by Gasteiger charge is -2.24. The smallest absolute Gasteiger partial charge is 0.323 e. The Morgan fingerprint density at radius 1 is 1.11 bits per heavy atom. The Hall–Kier alpha value is -1.55. The Bertz CT molecular complexity index is 400. The summed E-state index contributed by atoms with van der Waals surface area (Å²) in [6.45, 7) is 6.02. The fourth-order valence-corrected chi connectivity index (χ4v) is 1.92. The van der Waals surface area contributed by atoms with Crippen molar-refractivity contribution >= 4 is 5.97 Å². The van der Waals surface area contributed by atoms with Crippen LogP contribution in [0.1, 0.15) is 32.4 Å². The van der Waals surface area contributed by atoms with Gasteiger partial charge in [0, 0.05) is 6.04 Å². The van der Waals surface area contributed by atoms with Crippen LogP contribution in [0.25, 0.3) is 0 Å². The van der Waals surface area contributed by atoms with E-state index in [-0.39, 0.29) is 24.0 Å². The summed E-state index contributed by atoms with van der Waals surface area (Å²) in [5.74, 6) is 0.771. The SMILES string of the molecule is COC(=O)[C@@H](NC(C)c1ccc(OC)cc1)C(C)C. The van der Waals surface area contributed by atoms with Crippen molar-refractivity contribution in [1.82, 2.24) is 5.32 Å². The van der Waals surface area contributed by atoms with E-state index >= 15 is 0 Å². The van der Waals surface area contributed by atoms with Crippen molar-refractivity contribution in [2.24, 2.45) is 5.92 Å². The van der Waals surface area contributed by atoms with Crippen LogP contribution in [0.2, 0.25) is 0 Å². The molecule has 0 aliphatic heterocycles. The second-order valence-electron chi connectivity index (χ2n) is 4.91. The fourth-order valence-electron chi connectivity index (χ4n) is 1.92. The lowest BCUT2D eigenvalue weighted by molar-refractivity contribution is -0.144. The van der Waals surface area contributed by atoms with Crippen LogP contribution in [-0.2, 0) is 9.53 Å². The molecule has 0 radical (unpaired) electrons. The summed E-state index contributed by atoms with van der Waals surface area (Å²) in [6.07, 6.45) is 0. The quantitative estimate of drug-likeness (QED) is 0.803. The van der Waals surface area contributed by atoms with Gasteiger partial charge >= 0.3 is 5.97 Å². The van der Waals surface area contributed by atoms with Gasteiger partial charge in [0.25, 0.3) is 0 Å². The normalized spacial score (nSPS) is 14.0. The maximum Gasteiger partial charge on any atom is 0.323 e. The molecule has 1 rings (SSSR count). The van der Waals surface area contributed by atoms with Crippen LogP contribution >= 0.6 is 0 Å². The standard InChI is InChI=1S/C15H23NO3/c1-10(2)14(15(17)19-5)16-11(3)12-6-8-13(18-4)9-7-12/h6-11,14,16H,1-5H3/t11?,14-/m0/s1. The molecule has 19 heavy (non-hydrogen) atoms. The predicted molar refractivity (Wildman–Crippen MR) is 75.2 cm³/mol. The molecular formula is C15H23NO3. The Balaban J connectivity index is 2.75. The van der Waals surface area contributed by atoms with E-state index in [1.165, 1.54) is 7.11 Å². The topological polar surface area (TPSA) is 47.6 Å². The second kappa shape index (κ2) is 7.14. The number of carbonyl (C=O) groups excluding carboxylic acids is 1. The molecule has 0 aliphatic carbocycles. The number of hydrogen-bond acceptors (Lipinski definition) is 4. The molecule has 1 aromatic rings. The van der Waals surface area contributed by atoms with Crippen LogP contribution in [0.3, 0.4) is 0 Å². The first-order valence-electron chi connectivity index (χ1n) is 6.47. The maximum absolute atomic E-state index is 11.7. The number of nitrogens with one attached hydrogen (secondary N) is 1. The molecule has 0 aromatic heterocycles. The fraction of sp³-hybridized carbons (Fsp3) is 0.533. The third kappa shape index (κ3) is 4.24. The van der Waals surface area contributed by atoms with E-state index in [0.29, 0.717) is 0 Å². The molecule has 0 fully saturated rings. The zero-order valence-electron chi connectivity index (χ0n) is 12.3. The van der Waals surface area contributed by atoms with Crippen LogP contribution in [0.4, 0.5) is 0 Å². The average molecular weight is 265 g/mol. The minimum atomic E-state index is -0.304. The number of esters is 1. The molecule has 106 valence electrons. The summed E-state index contributed by atoms with van der Waals surface area (Å²) in [4.78, 5) is 11.7. The zero-order valence-corrected chi connectivity index (χ0v) is 12.3. The molecule has 0 bridgehead atoms. The largest absolute Gasteiger partial charge is 0.497 e. The van der Waals surface area contributed by atoms with Crippen LogP contribution in [0.5, 0.6) is 5.75 Å². The number of methoxy groups -OCH3 is 2. The summed E-state index contributed by atoms with van der Waals surface area (Å²) in [5, 5.41) is 3.31. The van der Waals surface area contributed by atoms with Gasteiger partial charge in [0.1, 0.15) is 11.8 Å². The Kier molecular flexibility index (Phi) is 5.83. The highest BCUT2D eigenvalue weighted by molar-refractivity contribution is 5.76. The third-order valence-corrected chi connectivity index (χ3v) is 3.17. The lowest BCUT2D eigenvalue weighted by Crippen LogP contribution is -2.42. The highest BCUT2D eigenvalue weighted by Gasteiger charge is 2.24. The van der Waals surface area contributed by atoms with Crippen LogP contribution in [0.15, 0.2) is 24.3 Å². The van der Waals surface area contributed by atoms with E-state index in [1.807, 2.05) is 45.0 Å². The molecule has 1 N–H and O–H groups in total. The van der Waals surface area contributed by atoms with Gasteiger partial charge in [0.15, 0.2) is 0 Å². The first kappa shape index (κ1) is 15.5. The Labute approximate surface area is 115 Å². The van der Waals surface area contributed by atoms with Gasteiger partial charge in [0.2, 0.25) is 0 Å². The molecule has 1 unspecified atom stereocenters. The summed E-state index contributed by atoms with van der Waals surface area (Å²) in [5.41, 5.74) is 1.11. The van der Waals surface area contributed by atoms with Gasteiger partial charge in [0.05, 0.1) is 14.2 Å². The summed E-state index contributed by atoms with van der Waals surface area (Å²) in [6, 6.07) is 7.57. The first-order chi connectivity index (χ1) is 8.99. The molecule has 2 atom stereocenters. The zero-order chi connectivity index (χ0) is 14.4. The van der Waals surface area contributed by atoms with Crippen molar-refractivity contribution in [3.63, 3.8) is 0 Å². The Morgan fingerprint density at radius 2 is 1.68 bits per heavy atom. The van der Waals surface area contributed by atoms with Gasteiger partial charge < -0.3 is 9.47 Å². The summed E-state index contributed by atoms with van der Waals surface area (Å²) < 4.78 is 9.95. The molecule has 0 spiro atoms. The Morgan fingerprint density at radius 3 is 2.11 bits per heavy atom. The molecule has 4 heteroatoms. The van der Waals surface area contributed by atoms with Gasteiger partial charge in [-0.25, -0.2) is 0 Å². The third-order valence-electron chi connectivity index (χ3n) is 3.17. The van der Waals surface area contributed by atoms with Crippen molar-refractivity contribution in [2.75, 3.05) is 14.2 Å². The van der Waals surface area contributed by atoms with Gasteiger partial charge in [-0.1, -0.05) is 26.0 Å². The predicted octanol–water partition coefficient (Wildman–Crippen LogP) is 2.54. The molecular weight excluding hydrogens is 242 g/mol. The van der Waals surface area contributed by atoms with Crippen molar-refractivity contribution in [1.29, 1.82) is 0 Å². The summed E-state index contributed by atoms with van der Waals surface area (Å²) in [7, 11) is 3.06. The lowest BCUT2D eigenvalue weighted by atomic mass is 10.0. The van der Waals surface area contributed by atoms with Gasteiger partial charge in [-0.3, -0.25) is 10.1 Å². The van der Waals surface area contributed by atoms with E-state index in [2.05, 4.69) is 5.32 Å². The van der Waals surface area contributed by atoms with E-state index < -0.39 is 0 Å². The van der Waals surface area contributed by atoms with E-state index in [4.69, 9.17) is 9.47 Å². The number of carbonyl (C=O) groups is 1.